The largest absolute Gasteiger partial charge is 0.438 e. The van der Waals surface area contributed by atoms with Crippen LogP contribution in [0.15, 0.2) is 91.3 Å². The van der Waals surface area contributed by atoms with Gasteiger partial charge in [0.1, 0.15) is 5.75 Å². The van der Waals surface area contributed by atoms with Crippen LogP contribution in [0, 0.1) is 6.92 Å². The third-order valence-electron chi connectivity index (χ3n) is 5.58. The van der Waals surface area contributed by atoms with Crippen molar-refractivity contribution >= 4 is 28.3 Å². The zero-order valence-corrected chi connectivity index (χ0v) is 19.3. The molecule has 7 nitrogen and oxygen atoms in total. The number of carbonyl (C=O) groups is 1. The average molecular weight is 462 g/mol. The molecule has 0 saturated heterocycles. The minimum Gasteiger partial charge on any atom is -0.438 e. The number of anilines is 2. The zero-order chi connectivity index (χ0) is 24.2. The highest BCUT2D eigenvalue weighted by Crippen LogP contribution is 2.33. The van der Waals surface area contributed by atoms with Gasteiger partial charge in [0.05, 0.1) is 11.3 Å². The Morgan fingerprint density at radius 3 is 2.54 bits per heavy atom. The smallest absolute Gasteiger partial charge is 0.255 e. The molecular formula is C28H23N5O2. The minimum absolute atomic E-state index is 0.167. The normalized spacial score (nSPS) is 10.7. The van der Waals surface area contributed by atoms with Crippen LogP contribution in [-0.4, -0.2) is 27.9 Å². The fraction of sp³-hybridized carbons (Fsp3) is 0.0714. The maximum Gasteiger partial charge on any atom is 0.255 e. The number of benzene rings is 3. The van der Waals surface area contributed by atoms with Crippen LogP contribution in [0.5, 0.6) is 11.6 Å². The van der Waals surface area contributed by atoms with E-state index < -0.39 is 0 Å². The number of ether oxygens (including phenoxy) is 1. The first-order valence-corrected chi connectivity index (χ1v) is 11.2. The van der Waals surface area contributed by atoms with E-state index in [1.54, 1.807) is 19.4 Å². The van der Waals surface area contributed by atoms with Crippen molar-refractivity contribution in [1.29, 1.82) is 0 Å². The van der Waals surface area contributed by atoms with Gasteiger partial charge in [-0.3, -0.25) is 4.79 Å². The molecule has 3 aromatic carbocycles. The number of hydrogen-bond acceptors (Lipinski definition) is 6. The lowest BCUT2D eigenvalue weighted by Crippen LogP contribution is -2.11. The van der Waals surface area contributed by atoms with Gasteiger partial charge in [-0.25, -0.2) is 15.0 Å². The molecule has 2 N–H and O–H groups in total. The van der Waals surface area contributed by atoms with E-state index in [2.05, 4.69) is 25.6 Å². The molecule has 2 heterocycles. The molecule has 2 aromatic heterocycles. The van der Waals surface area contributed by atoms with Gasteiger partial charge in [0, 0.05) is 30.7 Å². The van der Waals surface area contributed by atoms with Gasteiger partial charge in [-0.2, -0.15) is 0 Å². The van der Waals surface area contributed by atoms with E-state index in [1.807, 2.05) is 85.8 Å². The summed E-state index contributed by atoms with van der Waals surface area (Å²) >= 11 is 0. The Hall–Kier alpha value is -4.78. The zero-order valence-electron chi connectivity index (χ0n) is 19.3. The van der Waals surface area contributed by atoms with E-state index in [-0.39, 0.29) is 5.91 Å². The number of nitrogens with zero attached hydrogens (tertiary/aromatic N) is 3. The molecule has 35 heavy (non-hydrogen) atoms. The summed E-state index contributed by atoms with van der Waals surface area (Å²) < 4.78 is 6.16. The van der Waals surface area contributed by atoms with E-state index >= 15 is 0 Å². The summed E-state index contributed by atoms with van der Waals surface area (Å²) in [5, 5.41) is 8.03. The lowest BCUT2D eigenvalue weighted by molar-refractivity contribution is 0.102. The highest BCUT2D eigenvalue weighted by Gasteiger charge is 2.13. The third-order valence-corrected chi connectivity index (χ3v) is 5.58. The topological polar surface area (TPSA) is 89.0 Å². The van der Waals surface area contributed by atoms with Gasteiger partial charge in [-0.15, -0.1) is 0 Å². The summed E-state index contributed by atoms with van der Waals surface area (Å²) in [5.41, 5.74) is 3.59. The van der Waals surface area contributed by atoms with Crippen LogP contribution in [0.2, 0.25) is 0 Å². The number of hydrogen-bond donors (Lipinski definition) is 2. The molecule has 0 radical (unpaired) electrons. The van der Waals surface area contributed by atoms with Gasteiger partial charge in [-0.05, 0) is 71.8 Å². The molecule has 7 heteroatoms. The van der Waals surface area contributed by atoms with Crippen molar-refractivity contribution in [2.24, 2.45) is 0 Å². The number of amides is 1. The average Bonchev–Trinajstić information content (AvgIpc) is 2.90. The van der Waals surface area contributed by atoms with Gasteiger partial charge in [-0.1, -0.05) is 30.3 Å². The Morgan fingerprint density at radius 2 is 1.71 bits per heavy atom. The van der Waals surface area contributed by atoms with E-state index in [1.165, 1.54) is 0 Å². The molecule has 0 saturated carbocycles. The van der Waals surface area contributed by atoms with Crippen molar-refractivity contribution in [3.8, 4) is 22.9 Å². The van der Waals surface area contributed by atoms with Crippen molar-refractivity contribution in [2.45, 2.75) is 6.92 Å². The van der Waals surface area contributed by atoms with Gasteiger partial charge in [0.2, 0.25) is 11.8 Å². The number of aromatic nitrogens is 3. The Labute approximate surface area is 202 Å². The van der Waals surface area contributed by atoms with Crippen LogP contribution in [0.1, 0.15) is 15.9 Å². The second-order valence-electron chi connectivity index (χ2n) is 7.97. The van der Waals surface area contributed by atoms with Gasteiger partial charge in [0.15, 0.2) is 0 Å². The predicted octanol–water partition coefficient (Wildman–Crippen LogP) is 6.09. The van der Waals surface area contributed by atoms with Crippen LogP contribution < -0.4 is 15.4 Å². The Morgan fingerprint density at radius 1 is 0.857 bits per heavy atom. The van der Waals surface area contributed by atoms with Gasteiger partial charge in [0.25, 0.3) is 5.91 Å². The maximum absolute atomic E-state index is 12.8. The molecule has 172 valence electrons. The molecule has 0 aliphatic carbocycles. The van der Waals surface area contributed by atoms with Crippen molar-refractivity contribution in [1.82, 2.24) is 15.0 Å². The first kappa shape index (κ1) is 22.0. The SMILES string of the molecule is CNc1nccc(-c2cccnc2Oc2ccc(NC(=O)c3ccc4ccccc4c3)cc2C)n1. The third kappa shape index (κ3) is 4.79. The molecule has 5 rings (SSSR count). The molecular weight excluding hydrogens is 438 g/mol. The quantitative estimate of drug-likeness (QED) is 0.318. The van der Waals surface area contributed by atoms with Crippen LogP contribution in [0.3, 0.4) is 0 Å². The first-order valence-electron chi connectivity index (χ1n) is 11.2. The van der Waals surface area contributed by atoms with Gasteiger partial charge < -0.3 is 15.4 Å². The molecule has 0 aliphatic rings. The number of aryl methyl sites for hydroxylation is 1. The van der Waals surface area contributed by atoms with Crippen LogP contribution in [-0.2, 0) is 0 Å². The van der Waals surface area contributed by atoms with Crippen LogP contribution in [0.25, 0.3) is 22.0 Å². The fourth-order valence-corrected chi connectivity index (χ4v) is 3.78. The second-order valence-corrected chi connectivity index (χ2v) is 7.97. The number of carbonyl (C=O) groups excluding carboxylic acids is 1. The van der Waals surface area contributed by atoms with E-state index in [0.29, 0.717) is 34.5 Å². The number of pyridine rings is 1. The van der Waals surface area contributed by atoms with Crippen molar-refractivity contribution < 1.29 is 9.53 Å². The molecule has 1 amide bonds. The standard InChI is InChI=1S/C28H23N5O2/c1-18-16-22(32-26(34)21-10-9-19-6-3-4-7-20(19)17-21)11-12-25(18)35-27-23(8-5-14-30-27)24-13-15-31-28(29-2)33-24/h3-17H,1-2H3,(H,32,34)(H,29,31,33). The number of nitrogens with one attached hydrogen (secondary N) is 2. The highest BCUT2D eigenvalue weighted by molar-refractivity contribution is 6.06. The van der Waals surface area contributed by atoms with Gasteiger partial charge >= 0.3 is 0 Å². The summed E-state index contributed by atoms with van der Waals surface area (Å²) in [7, 11) is 1.77. The lowest BCUT2D eigenvalue weighted by Gasteiger charge is -2.13. The summed E-state index contributed by atoms with van der Waals surface area (Å²) in [6.45, 7) is 1.92. The summed E-state index contributed by atoms with van der Waals surface area (Å²) in [5.74, 6) is 1.42. The Bertz CT molecular complexity index is 1530. The molecule has 0 aliphatic heterocycles. The molecule has 0 bridgehead atoms. The fourth-order valence-electron chi connectivity index (χ4n) is 3.78. The van der Waals surface area contributed by atoms with E-state index in [0.717, 1.165) is 21.9 Å². The molecule has 0 atom stereocenters. The highest BCUT2D eigenvalue weighted by atomic mass is 16.5. The number of rotatable bonds is 6. The van der Waals surface area contributed by atoms with Crippen LogP contribution >= 0.6 is 0 Å². The molecule has 0 spiro atoms. The molecule has 0 fully saturated rings. The number of fused-ring (bicyclic) bond motifs is 1. The molecule has 5 aromatic rings. The predicted molar refractivity (Wildman–Crippen MR) is 138 cm³/mol. The minimum atomic E-state index is -0.167. The van der Waals surface area contributed by atoms with Crippen molar-refractivity contribution in [3.05, 3.63) is 102 Å². The lowest BCUT2D eigenvalue weighted by atomic mass is 10.1. The Balaban J connectivity index is 1.36. The van der Waals surface area contributed by atoms with Crippen molar-refractivity contribution in [2.75, 3.05) is 17.7 Å². The monoisotopic (exact) mass is 461 g/mol. The van der Waals surface area contributed by atoms with E-state index in [9.17, 15) is 4.79 Å². The summed E-state index contributed by atoms with van der Waals surface area (Å²) in [6.07, 6.45) is 3.36. The van der Waals surface area contributed by atoms with Crippen LogP contribution in [0.4, 0.5) is 11.6 Å². The summed E-state index contributed by atoms with van der Waals surface area (Å²) in [4.78, 5) is 25.9. The Kier molecular flexibility index (Phi) is 6.05. The summed E-state index contributed by atoms with van der Waals surface area (Å²) in [6, 6.07) is 24.7. The maximum atomic E-state index is 12.8. The molecule has 0 unspecified atom stereocenters. The first-order chi connectivity index (χ1) is 17.1. The van der Waals surface area contributed by atoms with Crippen molar-refractivity contribution in [3.63, 3.8) is 0 Å². The second kappa shape index (κ2) is 9.61. The van der Waals surface area contributed by atoms with E-state index in [4.69, 9.17) is 4.74 Å².